The number of unbranched alkanes of at least 4 members (excludes halogenated alkanes) is 10. The predicted octanol–water partition coefficient (Wildman–Crippen LogP) is 6.34. The third-order valence-corrected chi connectivity index (χ3v) is 5.26. The highest BCUT2D eigenvalue weighted by Gasteiger charge is 2.23. The monoisotopic (exact) mass is 378 g/mol. The zero-order valence-electron chi connectivity index (χ0n) is 17.3. The molecular weight excluding hydrogens is 340 g/mol. The first-order chi connectivity index (χ1) is 13.1. The molecular formula is C22H38N2O3. The Labute approximate surface area is 164 Å². The van der Waals surface area contributed by atoms with Crippen LogP contribution < -0.4 is 0 Å². The first kappa shape index (κ1) is 23.4. The molecule has 0 bridgehead atoms. The molecule has 5 heteroatoms. The fraction of sp³-hybridized carbons (Fsp3) is 0.773. The lowest BCUT2D eigenvalue weighted by molar-refractivity contribution is 0.0662. The molecule has 0 spiro atoms. The Morgan fingerprint density at radius 2 is 1.37 bits per heavy atom. The highest BCUT2D eigenvalue weighted by atomic mass is 16.4. The Morgan fingerprint density at radius 3 is 1.85 bits per heavy atom. The van der Waals surface area contributed by atoms with Gasteiger partial charge in [0.05, 0.1) is 6.20 Å². The van der Waals surface area contributed by atoms with Gasteiger partial charge in [-0.2, -0.15) is 0 Å². The smallest absolute Gasteiger partial charge is 0.354 e. The molecule has 154 valence electrons. The predicted molar refractivity (Wildman–Crippen MR) is 109 cm³/mol. The molecule has 1 atom stereocenters. The minimum atomic E-state index is -1.10. The van der Waals surface area contributed by atoms with Crippen LogP contribution in [0.5, 0.6) is 0 Å². The largest absolute Gasteiger partial charge is 0.477 e. The van der Waals surface area contributed by atoms with E-state index in [9.17, 15) is 14.7 Å². The number of carboxylic acids is 1. The number of imidazole rings is 1. The van der Waals surface area contributed by atoms with Crippen LogP contribution >= 0.6 is 0 Å². The molecule has 27 heavy (non-hydrogen) atoms. The number of aromatic carboxylic acids is 1. The normalized spacial score (nSPS) is 12.2. The van der Waals surface area contributed by atoms with Crippen LogP contribution in [0.2, 0.25) is 0 Å². The van der Waals surface area contributed by atoms with E-state index in [0.29, 0.717) is 0 Å². The number of hydrogen-bond donors (Lipinski definition) is 1. The second-order valence-corrected chi connectivity index (χ2v) is 7.60. The van der Waals surface area contributed by atoms with E-state index in [1.165, 1.54) is 68.5 Å². The molecule has 1 N–H and O–H groups in total. The number of hydrogen-bond acceptors (Lipinski definition) is 3. The van der Waals surface area contributed by atoms with Crippen molar-refractivity contribution >= 4 is 11.9 Å². The molecule has 1 aromatic heterocycles. The van der Waals surface area contributed by atoms with Crippen LogP contribution in [-0.2, 0) is 0 Å². The highest BCUT2D eigenvalue weighted by molar-refractivity contribution is 5.92. The lowest BCUT2D eigenvalue weighted by Gasteiger charge is -2.17. The number of carbonyl (C=O) groups excluding carboxylic acids is 1. The molecule has 0 saturated carbocycles. The van der Waals surface area contributed by atoms with Gasteiger partial charge in [-0.15, -0.1) is 0 Å². The van der Waals surface area contributed by atoms with Crippen LogP contribution in [0.4, 0.5) is 0 Å². The summed E-state index contributed by atoms with van der Waals surface area (Å²) in [6.07, 6.45) is 18.7. The molecule has 1 unspecified atom stereocenters. The maximum absolute atomic E-state index is 12.9. The van der Waals surface area contributed by atoms with Crippen molar-refractivity contribution in [3.05, 3.63) is 18.2 Å². The number of rotatable bonds is 16. The van der Waals surface area contributed by atoms with Gasteiger partial charge in [0.2, 0.25) is 5.91 Å². The molecule has 1 heterocycles. The summed E-state index contributed by atoms with van der Waals surface area (Å²) in [7, 11) is 0. The zero-order chi connectivity index (χ0) is 19.9. The molecule has 0 aliphatic heterocycles. The molecule has 0 radical (unpaired) electrons. The lowest BCUT2D eigenvalue weighted by Crippen LogP contribution is -2.24. The third-order valence-electron chi connectivity index (χ3n) is 5.26. The quantitative estimate of drug-likeness (QED) is 0.341. The van der Waals surface area contributed by atoms with E-state index in [4.69, 9.17) is 0 Å². The van der Waals surface area contributed by atoms with Gasteiger partial charge in [-0.3, -0.25) is 9.36 Å². The van der Waals surface area contributed by atoms with E-state index in [1.807, 2.05) is 0 Å². The summed E-state index contributed by atoms with van der Waals surface area (Å²) < 4.78 is 1.24. The van der Waals surface area contributed by atoms with Crippen molar-refractivity contribution in [1.82, 2.24) is 9.55 Å². The van der Waals surface area contributed by atoms with Crippen molar-refractivity contribution in [3.63, 3.8) is 0 Å². The van der Waals surface area contributed by atoms with Crippen molar-refractivity contribution in [2.45, 2.75) is 104 Å². The average molecular weight is 379 g/mol. The Bertz CT molecular complexity index is 539. The van der Waals surface area contributed by atoms with E-state index < -0.39 is 5.97 Å². The summed E-state index contributed by atoms with van der Waals surface area (Å²) in [5.41, 5.74) is -0.0319. The van der Waals surface area contributed by atoms with Gasteiger partial charge in [0, 0.05) is 5.92 Å². The lowest BCUT2D eigenvalue weighted by atomic mass is 9.93. The van der Waals surface area contributed by atoms with E-state index in [1.54, 1.807) is 0 Å². The number of carbonyl (C=O) groups is 2. The standard InChI is InChI=1S/C22H38N2O3/c1-3-5-7-9-10-12-14-16-19(15-13-11-8-6-4-2)21(25)24-18-23-17-20(24)22(26)27/h17-19H,3-16H2,1-2H3,(H,26,27). The van der Waals surface area contributed by atoms with Crippen molar-refractivity contribution in [2.75, 3.05) is 0 Å². The summed E-state index contributed by atoms with van der Waals surface area (Å²) >= 11 is 0. The van der Waals surface area contributed by atoms with Crippen LogP contribution in [0.3, 0.4) is 0 Å². The molecule has 0 saturated heterocycles. The summed E-state index contributed by atoms with van der Waals surface area (Å²) in [5, 5.41) is 9.26. The minimum Gasteiger partial charge on any atom is -0.477 e. The Morgan fingerprint density at radius 1 is 0.889 bits per heavy atom. The van der Waals surface area contributed by atoms with Crippen LogP contribution in [0, 0.1) is 5.92 Å². The second kappa shape index (κ2) is 14.4. The number of carboxylic acid groups (broad SMARTS) is 1. The zero-order valence-corrected chi connectivity index (χ0v) is 17.3. The van der Waals surface area contributed by atoms with Gasteiger partial charge in [-0.25, -0.2) is 9.78 Å². The van der Waals surface area contributed by atoms with Gasteiger partial charge in [0.1, 0.15) is 6.33 Å². The SMILES string of the molecule is CCCCCCCCCC(CCCCCCC)C(=O)n1cncc1C(=O)O. The summed E-state index contributed by atoms with van der Waals surface area (Å²) in [4.78, 5) is 28.1. The maximum Gasteiger partial charge on any atom is 0.354 e. The van der Waals surface area contributed by atoms with Crippen molar-refractivity contribution in [2.24, 2.45) is 5.92 Å². The highest BCUT2D eigenvalue weighted by Crippen LogP contribution is 2.22. The Hall–Kier alpha value is -1.65. The van der Waals surface area contributed by atoms with Gasteiger partial charge in [-0.05, 0) is 12.8 Å². The van der Waals surface area contributed by atoms with E-state index in [-0.39, 0.29) is 17.5 Å². The molecule has 0 aliphatic carbocycles. The van der Waals surface area contributed by atoms with Crippen molar-refractivity contribution in [1.29, 1.82) is 0 Å². The van der Waals surface area contributed by atoms with E-state index in [2.05, 4.69) is 18.8 Å². The molecule has 1 rings (SSSR count). The van der Waals surface area contributed by atoms with Crippen LogP contribution in [-0.4, -0.2) is 26.5 Å². The molecule has 5 nitrogen and oxygen atoms in total. The van der Waals surface area contributed by atoms with Crippen LogP contribution in [0.25, 0.3) is 0 Å². The summed E-state index contributed by atoms with van der Waals surface area (Å²) in [6, 6.07) is 0. The molecule has 0 aliphatic rings. The number of aromatic nitrogens is 2. The first-order valence-electron chi connectivity index (χ1n) is 10.9. The molecule has 0 fully saturated rings. The first-order valence-corrected chi connectivity index (χ1v) is 10.9. The van der Waals surface area contributed by atoms with Crippen molar-refractivity contribution in [3.8, 4) is 0 Å². The summed E-state index contributed by atoms with van der Waals surface area (Å²) in [6.45, 7) is 4.41. The van der Waals surface area contributed by atoms with Gasteiger partial charge in [-0.1, -0.05) is 90.9 Å². The molecule has 0 aromatic carbocycles. The van der Waals surface area contributed by atoms with Crippen LogP contribution in [0.1, 0.15) is 119 Å². The second-order valence-electron chi connectivity index (χ2n) is 7.60. The van der Waals surface area contributed by atoms with Crippen molar-refractivity contribution < 1.29 is 14.7 Å². The molecule has 0 amide bonds. The fourth-order valence-electron chi connectivity index (χ4n) is 3.56. The minimum absolute atomic E-state index is 0.0319. The third kappa shape index (κ3) is 9.21. The Kier molecular flexibility index (Phi) is 12.5. The average Bonchev–Trinajstić information content (AvgIpc) is 3.15. The van der Waals surface area contributed by atoms with E-state index >= 15 is 0 Å². The van der Waals surface area contributed by atoms with E-state index in [0.717, 1.165) is 38.5 Å². The van der Waals surface area contributed by atoms with Gasteiger partial charge in [0.25, 0.3) is 0 Å². The molecule has 1 aromatic rings. The van der Waals surface area contributed by atoms with Gasteiger partial charge >= 0.3 is 5.97 Å². The number of nitrogens with zero attached hydrogens (tertiary/aromatic N) is 2. The fourth-order valence-corrected chi connectivity index (χ4v) is 3.56. The maximum atomic E-state index is 12.9. The van der Waals surface area contributed by atoms with Gasteiger partial charge in [0.15, 0.2) is 5.69 Å². The Balaban J connectivity index is 2.54. The topological polar surface area (TPSA) is 72.2 Å². The van der Waals surface area contributed by atoms with Gasteiger partial charge < -0.3 is 5.11 Å². The van der Waals surface area contributed by atoms with Crippen LogP contribution in [0.15, 0.2) is 12.5 Å². The summed E-state index contributed by atoms with van der Waals surface area (Å²) in [5.74, 6) is -1.31.